The van der Waals surface area contributed by atoms with Gasteiger partial charge in [-0.2, -0.15) is 5.26 Å². The number of hydrogen-bond acceptors (Lipinski definition) is 6. The van der Waals surface area contributed by atoms with Crippen molar-refractivity contribution in [3.05, 3.63) is 29.8 Å². The molecule has 34 heavy (non-hydrogen) atoms. The molecule has 4 aliphatic rings. The second kappa shape index (κ2) is 8.33. The van der Waals surface area contributed by atoms with Crippen LogP contribution in [0.2, 0.25) is 0 Å². The summed E-state index contributed by atoms with van der Waals surface area (Å²) < 4.78 is 26.7. The highest BCUT2D eigenvalue weighted by Gasteiger charge is 2.55. The zero-order valence-electron chi connectivity index (χ0n) is 19.7. The summed E-state index contributed by atoms with van der Waals surface area (Å²) in [5, 5.41) is 9.42. The fourth-order valence-corrected chi connectivity index (χ4v) is 6.98. The Morgan fingerprint density at radius 2 is 2.03 bits per heavy atom. The minimum absolute atomic E-state index is 0.0274. The molecule has 0 radical (unpaired) electrons. The molecule has 1 unspecified atom stereocenters. The summed E-state index contributed by atoms with van der Waals surface area (Å²) in [4.78, 5) is 32.4. The normalized spacial score (nSPS) is 31.9. The molecule has 4 fully saturated rings. The first-order valence-electron chi connectivity index (χ1n) is 12.0. The average molecular weight is 486 g/mol. The molecule has 7 atom stereocenters. The van der Waals surface area contributed by atoms with Crippen LogP contribution in [0.3, 0.4) is 0 Å². The molecule has 1 aromatic carbocycles. The van der Waals surface area contributed by atoms with Crippen LogP contribution in [-0.4, -0.2) is 79.2 Å². The standard InChI is InChI=1S/C24H31N5O4S/c1-14(23(30)29-18(11-25)7-17-9-21(17)29)12-27-13-19-10-22(27)24(31)28(19)15(2)16-5-4-6-20(8-16)34(32,33)26-3/h4-6,8,14-15,17-19,21-22,26H,7,9-10,12-13H2,1-3H3/t14-,15+,17+,18-,19-,21?,22-/m0/s1. The van der Waals surface area contributed by atoms with Gasteiger partial charge in [-0.1, -0.05) is 19.1 Å². The van der Waals surface area contributed by atoms with Gasteiger partial charge < -0.3 is 9.80 Å². The highest BCUT2D eigenvalue weighted by molar-refractivity contribution is 7.89. The second-order valence-electron chi connectivity index (χ2n) is 10.2. The van der Waals surface area contributed by atoms with Crippen molar-refractivity contribution < 1.29 is 18.0 Å². The molecule has 3 heterocycles. The van der Waals surface area contributed by atoms with E-state index in [4.69, 9.17) is 0 Å². The Hall–Kier alpha value is -2.48. The molecule has 1 saturated carbocycles. The van der Waals surface area contributed by atoms with Crippen molar-refractivity contribution in [1.29, 1.82) is 5.26 Å². The number of amides is 2. The van der Waals surface area contributed by atoms with Gasteiger partial charge in [-0.25, -0.2) is 13.1 Å². The summed E-state index contributed by atoms with van der Waals surface area (Å²) in [6.45, 7) is 5.04. The van der Waals surface area contributed by atoms with Gasteiger partial charge in [-0.05, 0) is 56.8 Å². The Labute approximate surface area is 200 Å². The molecule has 1 aromatic rings. The van der Waals surface area contributed by atoms with Gasteiger partial charge in [0.25, 0.3) is 0 Å². The van der Waals surface area contributed by atoms with Crippen LogP contribution >= 0.6 is 0 Å². The smallest absolute Gasteiger partial charge is 0.240 e. The van der Waals surface area contributed by atoms with Crippen molar-refractivity contribution in [2.75, 3.05) is 20.1 Å². The third-order valence-corrected chi connectivity index (χ3v) is 9.50. The number of nitriles is 1. The van der Waals surface area contributed by atoms with Crippen LogP contribution in [0.5, 0.6) is 0 Å². The summed E-state index contributed by atoms with van der Waals surface area (Å²) in [6.07, 6.45) is 2.51. The van der Waals surface area contributed by atoms with E-state index in [1.807, 2.05) is 24.8 Å². The van der Waals surface area contributed by atoms with Crippen molar-refractivity contribution >= 4 is 21.8 Å². The number of carbonyl (C=O) groups excluding carboxylic acids is 2. The monoisotopic (exact) mass is 485 g/mol. The maximum Gasteiger partial charge on any atom is 0.240 e. The fourth-order valence-electron chi connectivity index (χ4n) is 6.19. The Balaban J connectivity index is 1.25. The Morgan fingerprint density at radius 3 is 2.71 bits per heavy atom. The summed E-state index contributed by atoms with van der Waals surface area (Å²) in [7, 11) is -2.19. The number of sulfonamides is 1. The fraction of sp³-hybridized carbons (Fsp3) is 0.625. The van der Waals surface area contributed by atoms with Gasteiger partial charge in [0.2, 0.25) is 21.8 Å². The van der Waals surface area contributed by atoms with Crippen LogP contribution in [-0.2, 0) is 19.6 Å². The number of piperazine rings is 1. The first-order chi connectivity index (χ1) is 16.2. The van der Waals surface area contributed by atoms with E-state index in [1.165, 1.54) is 7.05 Å². The maximum atomic E-state index is 13.3. The topological polar surface area (TPSA) is 114 Å². The lowest BCUT2D eigenvalue weighted by Gasteiger charge is -2.38. The molecule has 9 nitrogen and oxygen atoms in total. The number of hydrogen-bond donors (Lipinski definition) is 1. The van der Waals surface area contributed by atoms with Crippen LogP contribution in [0.15, 0.2) is 29.2 Å². The SMILES string of the molecule is CNS(=O)(=O)c1cccc([C@@H](C)N2C(=O)[C@@H]3C[C@H]2CN3C[C@H](C)C(=O)N2C3C[C@H]3C[C@H]2C#N)c1. The number of piperidine rings is 1. The maximum absolute atomic E-state index is 13.3. The lowest BCUT2D eigenvalue weighted by atomic mass is 10.0. The number of benzene rings is 1. The number of nitrogens with one attached hydrogen (secondary N) is 1. The predicted octanol–water partition coefficient (Wildman–Crippen LogP) is 1.09. The van der Waals surface area contributed by atoms with Gasteiger partial charge in [0.15, 0.2) is 0 Å². The zero-order chi connectivity index (χ0) is 24.4. The predicted molar refractivity (Wildman–Crippen MR) is 124 cm³/mol. The second-order valence-corrected chi connectivity index (χ2v) is 12.0. The molecule has 3 aliphatic heterocycles. The quantitative estimate of drug-likeness (QED) is 0.619. The molecule has 1 aliphatic carbocycles. The van der Waals surface area contributed by atoms with Gasteiger partial charge in [0, 0.05) is 31.1 Å². The lowest BCUT2D eigenvalue weighted by Crippen LogP contribution is -2.53. The molecule has 182 valence electrons. The third-order valence-electron chi connectivity index (χ3n) is 8.09. The molecular formula is C24H31N5O4S. The summed E-state index contributed by atoms with van der Waals surface area (Å²) in [5.41, 5.74) is 0.780. The summed E-state index contributed by atoms with van der Waals surface area (Å²) >= 11 is 0. The minimum Gasteiger partial charge on any atom is -0.330 e. The van der Waals surface area contributed by atoms with E-state index < -0.39 is 10.0 Å². The molecule has 0 spiro atoms. The molecule has 1 N–H and O–H groups in total. The highest BCUT2D eigenvalue weighted by Crippen LogP contribution is 2.48. The molecule has 2 bridgehead atoms. The first kappa shape index (κ1) is 23.3. The number of likely N-dealkylation sites (tertiary alicyclic amines) is 3. The van der Waals surface area contributed by atoms with Crippen LogP contribution in [0.1, 0.15) is 44.7 Å². The number of fused-ring (bicyclic) bond motifs is 3. The van der Waals surface area contributed by atoms with Gasteiger partial charge in [0.1, 0.15) is 6.04 Å². The molecule has 5 rings (SSSR count). The van der Waals surface area contributed by atoms with E-state index in [2.05, 4.69) is 15.7 Å². The Bertz CT molecular complexity index is 1160. The number of nitrogens with zero attached hydrogens (tertiary/aromatic N) is 4. The molecule has 10 heteroatoms. The molecule has 2 amide bonds. The van der Waals surface area contributed by atoms with Crippen molar-refractivity contribution in [3.63, 3.8) is 0 Å². The van der Waals surface area contributed by atoms with Crippen LogP contribution in [0, 0.1) is 23.2 Å². The molecule has 0 aromatic heterocycles. The van der Waals surface area contributed by atoms with E-state index in [0.29, 0.717) is 25.4 Å². The Morgan fingerprint density at radius 1 is 1.26 bits per heavy atom. The van der Waals surface area contributed by atoms with E-state index in [-0.39, 0.29) is 52.8 Å². The van der Waals surface area contributed by atoms with Gasteiger partial charge in [-0.15, -0.1) is 0 Å². The van der Waals surface area contributed by atoms with Crippen molar-refractivity contribution in [2.24, 2.45) is 11.8 Å². The largest absolute Gasteiger partial charge is 0.330 e. The van der Waals surface area contributed by atoms with Crippen LogP contribution < -0.4 is 4.72 Å². The molecular weight excluding hydrogens is 454 g/mol. The number of carbonyl (C=O) groups is 2. The van der Waals surface area contributed by atoms with Crippen molar-refractivity contribution in [3.8, 4) is 6.07 Å². The molecule has 3 saturated heterocycles. The van der Waals surface area contributed by atoms with Gasteiger partial charge in [-0.3, -0.25) is 14.5 Å². The minimum atomic E-state index is -3.56. The van der Waals surface area contributed by atoms with E-state index in [0.717, 1.165) is 18.4 Å². The van der Waals surface area contributed by atoms with Crippen LogP contribution in [0.4, 0.5) is 0 Å². The summed E-state index contributed by atoms with van der Waals surface area (Å²) in [5.74, 6) is 0.279. The zero-order valence-corrected chi connectivity index (χ0v) is 20.5. The average Bonchev–Trinajstić information content (AvgIpc) is 3.15. The van der Waals surface area contributed by atoms with E-state index in [1.54, 1.807) is 23.1 Å². The van der Waals surface area contributed by atoms with Crippen molar-refractivity contribution in [1.82, 2.24) is 19.4 Å². The van der Waals surface area contributed by atoms with E-state index in [9.17, 15) is 23.3 Å². The summed E-state index contributed by atoms with van der Waals surface area (Å²) in [6, 6.07) is 8.45. The van der Waals surface area contributed by atoms with Crippen molar-refractivity contribution in [2.45, 2.75) is 68.2 Å². The first-order valence-corrected chi connectivity index (χ1v) is 13.5. The highest BCUT2D eigenvalue weighted by atomic mass is 32.2. The van der Waals surface area contributed by atoms with Gasteiger partial charge >= 0.3 is 0 Å². The van der Waals surface area contributed by atoms with Crippen LogP contribution in [0.25, 0.3) is 0 Å². The third kappa shape index (κ3) is 3.70. The number of rotatable bonds is 7. The lowest BCUT2D eigenvalue weighted by molar-refractivity contribution is -0.142. The van der Waals surface area contributed by atoms with E-state index >= 15 is 0 Å². The Kier molecular flexibility index (Phi) is 5.70. The van der Waals surface area contributed by atoms with Gasteiger partial charge in [0.05, 0.1) is 23.0 Å².